The number of amides is 2. The maximum absolute atomic E-state index is 11.7. The van der Waals surface area contributed by atoms with E-state index in [1.165, 1.54) is 6.42 Å². The Bertz CT molecular complexity index is 439. The van der Waals surface area contributed by atoms with Crippen LogP contribution in [0.1, 0.15) is 44.6 Å². The van der Waals surface area contributed by atoms with Crippen LogP contribution in [0, 0.1) is 0 Å². The van der Waals surface area contributed by atoms with Crippen molar-refractivity contribution < 1.29 is 4.79 Å². The summed E-state index contributed by atoms with van der Waals surface area (Å²) in [6.45, 7) is 4.20. The van der Waals surface area contributed by atoms with Crippen molar-refractivity contribution in [2.24, 2.45) is 0 Å². The van der Waals surface area contributed by atoms with Crippen LogP contribution in [0.4, 0.5) is 16.2 Å². The summed E-state index contributed by atoms with van der Waals surface area (Å²) in [4.78, 5) is 11.7. The van der Waals surface area contributed by atoms with Crippen molar-refractivity contribution in [3.63, 3.8) is 0 Å². The monoisotopic (exact) mass is 247 g/mol. The van der Waals surface area contributed by atoms with E-state index in [1.807, 2.05) is 18.2 Å². The van der Waals surface area contributed by atoms with E-state index in [-0.39, 0.29) is 6.03 Å². The van der Waals surface area contributed by atoms with E-state index < -0.39 is 0 Å². The second kappa shape index (κ2) is 5.29. The average molecular weight is 247 g/mol. The summed E-state index contributed by atoms with van der Waals surface area (Å²) >= 11 is 0. The Balaban J connectivity index is 1.96. The van der Waals surface area contributed by atoms with Gasteiger partial charge in [0.05, 0.1) is 0 Å². The van der Waals surface area contributed by atoms with Crippen LogP contribution in [0.2, 0.25) is 0 Å². The van der Waals surface area contributed by atoms with E-state index in [9.17, 15) is 4.79 Å². The molecule has 0 radical (unpaired) electrons. The van der Waals surface area contributed by atoms with Crippen LogP contribution in [0.3, 0.4) is 0 Å². The van der Waals surface area contributed by atoms with Crippen LogP contribution in [-0.4, -0.2) is 12.1 Å². The van der Waals surface area contributed by atoms with Gasteiger partial charge in [0.2, 0.25) is 0 Å². The van der Waals surface area contributed by atoms with Crippen molar-refractivity contribution >= 4 is 17.4 Å². The molecule has 4 heteroatoms. The highest BCUT2D eigenvalue weighted by Gasteiger charge is 2.19. The van der Waals surface area contributed by atoms with Crippen LogP contribution in [0.15, 0.2) is 18.2 Å². The lowest BCUT2D eigenvalue weighted by Crippen LogP contribution is -2.41. The molecule has 1 fully saturated rings. The SMILES string of the molecule is CC(C)c1ccc(NC(=O)NC2CCC2)cc1N. The van der Waals surface area contributed by atoms with Crippen molar-refractivity contribution in [3.8, 4) is 0 Å². The van der Waals surface area contributed by atoms with E-state index in [1.54, 1.807) is 0 Å². The van der Waals surface area contributed by atoms with Gasteiger partial charge in [-0.15, -0.1) is 0 Å². The fraction of sp³-hybridized carbons (Fsp3) is 0.500. The number of rotatable bonds is 3. The third-order valence-corrected chi connectivity index (χ3v) is 3.41. The van der Waals surface area contributed by atoms with Gasteiger partial charge >= 0.3 is 6.03 Å². The highest BCUT2D eigenvalue weighted by atomic mass is 16.2. The third-order valence-electron chi connectivity index (χ3n) is 3.41. The van der Waals surface area contributed by atoms with Gasteiger partial charge in [0, 0.05) is 17.4 Å². The Labute approximate surface area is 108 Å². The molecule has 0 aliphatic heterocycles. The Morgan fingerprint density at radius 1 is 1.39 bits per heavy atom. The number of anilines is 2. The van der Waals surface area contributed by atoms with Crippen LogP contribution < -0.4 is 16.4 Å². The van der Waals surface area contributed by atoms with Crippen molar-refractivity contribution in [2.45, 2.75) is 45.1 Å². The van der Waals surface area contributed by atoms with Gasteiger partial charge in [-0.1, -0.05) is 19.9 Å². The molecule has 0 saturated heterocycles. The lowest BCUT2D eigenvalue weighted by molar-refractivity contribution is 0.240. The molecule has 98 valence electrons. The number of nitrogens with one attached hydrogen (secondary N) is 2. The zero-order valence-corrected chi connectivity index (χ0v) is 11.0. The second-order valence-corrected chi connectivity index (χ2v) is 5.22. The summed E-state index contributed by atoms with van der Waals surface area (Å²) in [5.74, 6) is 0.392. The van der Waals surface area contributed by atoms with Gasteiger partial charge < -0.3 is 16.4 Å². The first kappa shape index (κ1) is 12.7. The number of nitrogen functional groups attached to an aromatic ring is 1. The van der Waals surface area contributed by atoms with Gasteiger partial charge in [0.25, 0.3) is 0 Å². The maximum atomic E-state index is 11.7. The lowest BCUT2D eigenvalue weighted by Gasteiger charge is -2.26. The minimum Gasteiger partial charge on any atom is -0.398 e. The van der Waals surface area contributed by atoms with Crippen LogP contribution in [0.5, 0.6) is 0 Å². The van der Waals surface area contributed by atoms with E-state index in [0.717, 1.165) is 29.8 Å². The van der Waals surface area contributed by atoms with Gasteiger partial charge in [-0.05, 0) is 42.9 Å². The van der Waals surface area contributed by atoms with Crippen molar-refractivity contribution in [2.75, 3.05) is 11.1 Å². The van der Waals surface area contributed by atoms with Crippen molar-refractivity contribution in [1.29, 1.82) is 0 Å². The van der Waals surface area contributed by atoms with E-state index in [0.29, 0.717) is 12.0 Å². The zero-order valence-electron chi connectivity index (χ0n) is 11.0. The van der Waals surface area contributed by atoms with E-state index >= 15 is 0 Å². The standard InChI is InChI=1S/C14H21N3O/c1-9(2)12-7-6-11(8-13(12)15)17-14(18)16-10-4-3-5-10/h6-10H,3-5,15H2,1-2H3,(H2,16,17,18). The van der Waals surface area contributed by atoms with Crippen LogP contribution in [0.25, 0.3) is 0 Å². The molecule has 0 heterocycles. The number of carbonyl (C=O) groups is 1. The molecule has 1 aliphatic carbocycles. The molecular formula is C14H21N3O. The zero-order chi connectivity index (χ0) is 13.1. The molecule has 0 unspecified atom stereocenters. The number of hydrogen-bond donors (Lipinski definition) is 3. The molecule has 2 rings (SSSR count). The van der Waals surface area contributed by atoms with Gasteiger partial charge in [-0.3, -0.25) is 0 Å². The number of urea groups is 1. The van der Waals surface area contributed by atoms with Gasteiger partial charge in [0.15, 0.2) is 0 Å². The molecule has 0 bridgehead atoms. The van der Waals surface area contributed by atoms with Crippen LogP contribution >= 0.6 is 0 Å². The lowest BCUT2D eigenvalue weighted by atomic mass is 9.93. The van der Waals surface area contributed by atoms with Gasteiger partial charge in [-0.25, -0.2) is 4.79 Å². The fourth-order valence-corrected chi connectivity index (χ4v) is 2.08. The number of benzene rings is 1. The highest BCUT2D eigenvalue weighted by molar-refractivity contribution is 5.90. The van der Waals surface area contributed by atoms with Gasteiger partial charge in [0.1, 0.15) is 0 Å². The number of nitrogens with two attached hydrogens (primary N) is 1. The number of hydrogen-bond acceptors (Lipinski definition) is 2. The first-order valence-corrected chi connectivity index (χ1v) is 6.53. The summed E-state index contributed by atoms with van der Waals surface area (Å²) in [5.41, 5.74) is 8.55. The Morgan fingerprint density at radius 2 is 2.11 bits per heavy atom. The first-order chi connectivity index (χ1) is 8.56. The van der Waals surface area contributed by atoms with Crippen LogP contribution in [-0.2, 0) is 0 Å². The molecule has 1 aromatic carbocycles. The highest BCUT2D eigenvalue weighted by Crippen LogP contribution is 2.25. The molecule has 18 heavy (non-hydrogen) atoms. The van der Waals surface area contributed by atoms with Gasteiger partial charge in [-0.2, -0.15) is 0 Å². The molecule has 0 aromatic heterocycles. The Kier molecular flexibility index (Phi) is 3.75. The summed E-state index contributed by atoms with van der Waals surface area (Å²) in [7, 11) is 0. The molecule has 2 amide bonds. The van der Waals surface area contributed by atoms with Crippen molar-refractivity contribution in [1.82, 2.24) is 5.32 Å². The van der Waals surface area contributed by atoms with E-state index in [2.05, 4.69) is 24.5 Å². The first-order valence-electron chi connectivity index (χ1n) is 6.53. The topological polar surface area (TPSA) is 67.2 Å². The predicted octanol–water partition coefficient (Wildman–Crippen LogP) is 3.07. The van der Waals surface area contributed by atoms with Crippen molar-refractivity contribution in [3.05, 3.63) is 23.8 Å². The molecule has 1 aromatic rings. The Morgan fingerprint density at radius 3 is 2.61 bits per heavy atom. The molecule has 0 atom stereocenters. The molecule has 0 spiro atoms. The molecular weight excluding hydrogens is 226 g/mol. The minimum absolute atomic E-state index is 0.142. The summed E-state index contributed by atoms with van der Waals surface area (Å²) in [6.07, 6.45) is 3.38. The van der Waals surface area contributed by atoms with E-state index in [4.69, 9.17) is 5.73 Å². The predicted molar refractivity (Wildman–Crippen MR) is 74.7 cm³/mol. The normalized spacial score (nSPS) is 15.3. The summed E-state index contributed by atoms with van der Waals surface area (Å²) in [5, 5.41) is 5.75. The molecule has 1 aliphatic rings. The molecule has 1 saturated carbocycles. The number of carbonyl (C=O) groups excluding carboxylic acids is 1. The Hall–Kier alpha value is -1.71. The second-order valence-electron chi connectivity index (χ2n) is 5.22. The smallest absolute Gasteiger partial charge is 0.319 e. The third kappa shape index (κ3) is 2.94. The minimum atomic E-state index is -0.142. The fourth-order valence-electron chi connectivity index (χ4n) is 2.08. The maximum Gasteiger partial charge on any atom is 0.319 e. The molecule has 4 N–H and O–H groups in total. The molecule has 4 nitrogen and oxygen atoms in total. The quantitative estimate of drug-likeness (QED) is 0.718. The largest absolute Gasteiger partial charge is 0.398 e. The average Bonchev–Trinajstić information content (AvgIpc) is 2.23. The summed E-state index contributed by atoms with van der Waals surface area (Å²) < 4.78 is 0. The summed E-state index contributed by atoms with van der Waals surface area (Å²) in [6, 6.07) is 5.88.